The zero-order valence-corrected chi connectivity index (χ0v) is 11.6. The fraction of sp³-hybridized carbons (Fsp3) is 0.857. The zero-order valence-electron chi connectivity index (χ0n) is 11.6. The molecule has 0 fully saturated rings. The lowest BCUT2D eigenvalue weighted by Crippen LogP contribution is -2.20. The smallest absolute Gasteiger partial charge is 0.0104 e. The summed E-state index contributed by atoms with van der Waals surface area (Å²) < 4.78 is 0. The summed E-state index contributed by atoms with van der Waals surface area (Å²) in [7, 11) is 0. The van der Waals surface area contributed by atoms with Crippen LogP contribution in [0, 0.1) is 23.7 Å². The highest BCUT2D eigenvalue weighted by atomic mass is 14.6. The minimum Gasteiger partial charge on any atom is -0.402 e. The first-order valence-electron chi connectivity index (χ1n) is 6.28. The van der Waals surface area contributed by atoms with Gasteiger partial charge in [0.15, 0.2) is 0 Å². The largest absolute Gasteiger partial charge is 0.402 e. The highest BCUT2D eigenvalue weighted by Crippen LogP contribution is 2.28. The predicted molar refractivity (Wildman–Crippen MR) is 69.5 cm³/mol. The van der Waals surface area contributed by atoms with Crippen molar-refractivity contribution in [3.05, 3.63) is 11.3 Å². The third-order valence-electron chi connectivity index (χ3n) is 4.13. The molecular formula is C14H29N. The Morgan fingerprint density at radius 3 is 1.80 bits per heavy atom. The second-order valence-corrected chi connectivity index (χ2v) is 5.35. The molecule has 0 aromatic heterocycles. The van der Waals surface area contributed by atoms with Gasteiger partial charge in [-0.3, -0.25) is 0 Å². The van der Waals surface area contributed by atoms with Gasteiger partial charge in [0.25, 0.3) is 0 Å². The van der Waals surface area contributed by atoms with E-state index < -0.39 is 0 Å². The van der Waals surface area contributed by atoms with Crippen LogP contribution in [0.2, 0.25) is 0 Å². The second-order valence-electron chi connectivity index (χ2n) is 5.35. The summed E-state index contributed by atoms with van der Waals surface area (Å²) in [6.45, 7) is 15.7. The Kier molecular flexibility index (Phi) is 6.00. The molecule has 0 aliphatic heterocycles. The van der Waals surface area contributed by atoms with Gasteiger partial charge in [-0.1, -0.05) is 53.5 Å². The van der Waals surface area contributed by atoms with Crippen LogP contribution in [0.25, 0.3) is 0 Å². The number of rotatable bonds is 5. The summed E-state index contributed by atoms with van der Waals surface area (Å²) in [6.07, 6.45) is 1.22. The third kappa shape index (κ3) is 3.89. The Morgan fingerprint density at radius 1 is 1.00 bits per heavy atom. The summed E-state index contributed by atoms with van der Waals surface area (Å²) in [4.78, 5) is 0. The van der Waals surface area contributed by atoms with Crippen LogP contribution in [0.1, 0.15) is 54.9 Å². The van der Waals surface area contributed by atoms with Crippen LogP contribution in [0.4, 0.5) is 0 Å². The van der Waals surface area contributed by atoms with Gasteiger partial charge in [0.1, 0.15) is 0 Å². The molecule has 0 saturated heterocycles. The fourth-order valence-corrected chi connectivity index (χ4v) is 1.76. The van der Waals surface area contributed by atoms with Crippen molar-refractivity contribution in [2.75, 3.05) is 0 Å². The quantitative estimate of drug-likeness (QED) is 0.725. The van der Waals surface area contributed by atoms with E-state index in [1.54, 1.807) is 0 Å². The molecule has 0 heterocycles. The molecule has 3 unspecified atom stereocenters. The molecule has 0 bridgehead atoms. The van der Waals surface area contributed by atoms with Crippen LogP contribution >= 0.6 is 0 Å². The average molecular weight is 211 g/mol. The van der Waals surface area contributed by atoms with Crippen molar-refractivity contribution < 1.29 is 0 Å². The van der Waals surface area contributed by atoms with E-state index in [2.05, 4.69) is 48.5 Å². The Morgan fingerprint density at radius 2 is 1.47 bits per heavy atom. The fourth-order valence-electron chi connectivity index (χ4n) is 1.76. The number of allylic oxidation sites excluding steroid dienone is 2. The van der Waals surface area contributed by atoms with Gasteiger partial charge >= 0.3 is 0 Å². The van der Waals surface area contributed by atoms with Crippen molar-refractivity contribution >= 4 is 0 Å². The molecule has 0 spiro atoms. The summed E-state index contributed by atoms with van der Waals surface area (Å²) >= 11 is 0. The van der Waals surface area contributed by atoms with Crippen LogP contribution in [0.3, 0.4) is 0 Å². The first-order valence-corrected chi connectivity index (χ1v) is 6.28. The van der Waals surface area contributed by atoms with E-state index in [1.807, 2.05) is 0 Å². The van der Waals surface area contributed by atoms with Crippen molar-refractivity contribution in [2.45, 2.75) is 54.9 Å². The monoisotopic (exact) mass is 211 g/mol. The maximum Gasteiger partial charge on any atom is 0.0104 e. The second kappa shape index (κ2) is 6.19. The molecule has 0 aliphatic carbocycles. The topological polar surface area (TPSA) is 26.0 Å². The maximum atomic E-state index is 6.23. The van der Waals surface area contributed by atoms with E-state index in [1.165, 1.54) is 12.0 Å². The number of nitrogens with two attached hydrogens (primary N) is 1. The predicted octanol–water partition coefficient (Wildman–Crippen LogP) is 4.19. The molecule has 0 aromatic carbocycles. The van der Waals surface area contributed by atoms with Crippen molar-refractivity contribution in [3.63, 3.8) is 0 Å². The van der Waals surface area contributed by atoms with Crippen LogP contribution in [0.15, 0.2) is 11.3 Å². The lowest BCUT2D eigenvalue weighted by Gasteiger charge is -2.25. The molecule has 2 N–H and O–H groups in total. The molecule has 0 rings (SSSR count). The van der Waals surface area contributed by atoms with Gasteiger partial charge in [-0.05, 0) is 30.6 Å². The van der Waals surface area contributed by atoms with Gasteiger partial charge in [-0.15, -0.1) is 0 Å². The summed E-state index contributed by atoms with van der Waals surface area (Å²) in [5.41, 5.74) is 8.74. The van der Waals surface area contributed by atoms with Gasteiger partial charge < -0.3 is 5.73 Å². The van der Waals surface area contributed by atoms with Crippen LogP contribution in [0.5, 0.6) is 0 Å². The average Bonchev–Trinajstić information content (AvgIpc) is 2.23. The van der Waals surface area contributed by atoms with Gasteiger partial charge in [-0.25, -0.2) is 0 Å². The Bertz CT molecular complexity index is 215. The standard InChI is InChI=1S/C14H29N/c1-8-10(4)12(6)13(7)14(15)11(5)9(2)3/h9-12H,8,15H2,1-7H3/b14-13-. The van der Waals surface area contributed by atoms with E-state index in [0.29, 0.717) is 17.8 Å². The Balaban J connectivity index is 4.77. The molecule has 1 nitrogen and oxygen atoms in total. The van der Waals surface area contributed by atoms with E-state index in [-0.39, 0.29) is 0 Å². The summed E-state index contributed by atoms with van der Waals surface area (Å²) in [5.74, 6) is 2.46. The zero-order chi connectivity index (χ0) is 12.2. The van der Waals surface area contributed by atoms with Gasteiger partial charge in [0, 0.05) is 5.70 Å². The molecule has 0 amide bonds. The SMILES string of the molecule is CCC(C)C(C)/C(C)=C(\N)C(C)C(C)C. The van der Waals surface area contributed by atoms with E-state index in [9.17, 15) is 0 Å². The van der Waals surface area contributed by atoms with E-state index >= 15 is 0 Å². The lowest BCUT2D eigenvalue weighted by atomic mass is 9.83. The van der Waals surface area contributed by atoms with Crippen molar-refractivity contribution in [2.24, 2.45) is 29.4 Å². The lowest BCUT2D eigenvalue weighted by molar-refractivity contribution is 0.408. The van der Waals surface area contributed by atoms with Gasteiger partial charge in [-0.2, -0.15) is 0 Å². The molecule has 0 aromatic rings. The summed E-state index contributed by atoms with van der Waals surface area (Å²) in [5, 5.41) is 0. The van der Waals surface area contributed by atoms with Crippen LogP contribution in [-0.4, -0.2) is 0 Å². The van der Waals surface area contributed by atoms with Crippen LogP contribution < -0.4 is 5.73 Å². The highest BCUT2D eigenvalue weighted by Gasteiger charge is 2.18. The molecule has 0 saturated carbocycles. The van der Waals surface area contributed by atoms with Crippen molar-refractivity contribution in [1.29, 1.82) is 0 Å². The molecule has 15 heavy (non-hydrogen) atoms. The number of hydrogen-bond acceptors (Lipinski definition) is 1. The molecule has 3 atom stereocenters. The van der Waals surface area contributed by atoms with Crippen molar-refractivity contribution in [1.82, 2.24) is 0 Å². The first-order chi connectivity index (χ1) is 6.82. The minimum atomic E-state index is 0.497. The van der Waals surface area contributed by atoms with Crippen molar-refractivity contribution in [3.8, 4) is 0 Å². The van der Waals surface area contributed by atoms with E-state index in [4.69, 9.17) is 5.73 Å². The molecule has 0 radical (unpaired) electrons. The highest BCUT2D eigenvalue weighted by molar-refractivity contribution is 5.14. The normalized spacial score (nSPS) is 19.7. The third-order valence-corrected chi connectivity index (χ3v) is 4.13. The van der Waals surface area contributed by atoms with Gasteiger partial charge in [0.2, 0.25) is 0 Å². The Hall–Kier alpha value is -0.460. The molecular weight excluding hydrogens is 182 g/mol. The minimum absolute atomic E-state index is 0.497. The Labute approximate surface area is 96.1 Å². The molecule has 90 valence electrons. The van der Waals surface area contributed by atoms with Gasteiger partial charge in [0.05, 0.1) is 0 Å². The molecule has 1 heteroatoms. The first kappa shape index (κ1) is 14.5. The molecule has 0 aliphatic rings. The number of hydrogen-bond donors (Lipinski definition) is 1. The summed E-state index contributed by atoms with van der Waals surface area (Å²) in [6, 6.07) is 0. The van der Waals surface area contributed by atoms with Crippen LogP contribution in [-0.2, 0) is 0 Å². The van der Waals surface area contributed by atoms with E-state index in [0.717, 1.165) is 11.6 Å². The maximum absolute atomic E-state index is 6.23.